The van der Waals surface area contributed by atoms with Gasteiger partial charge in [0, 0.05) is 19.2 Å². The van der Waals surface area contributed by atoms with Crippen LogP contribution in [0.15, 0.2) is 24.3 Å². The zero-order chi connectivity index (χ0) is 16.7. The number of likely N-dealkylation sites (N-methyl/N-ethyl adjacent to an activating group) is 1. The first-order valence-corrected chi connectivity index (χ1v) is 8.72. The van der Waals surface area contributed by atoms with Gasteiger partial charge in [-0.1, -0.05) is 12.1 Å². The van der Waals surface area contributed by atoms with E-state index in [-0.39, 0.29) is 0 Å². The molecule has 0 heterocycles. The van der Waals surface area contributed by atoms with Gasteiger partial charge in [0.1, 0.15) is 18.5 Å². The molecule has 0 aromatic heterocycles. The van der Waals surface area contributed by atoms with Gasteiger partial charge >= 0.3 is 0 Å². The van der Waals surface area contributed by atoms with E-state index in [1.165, 1.54) is 18.4 Å². The normalized spacial score (nSPS) is 16.1. The molecule has 0 spiro atoms. The van der Waals surface area contributed by atoms with E-state index in [2.05, 4.69) is 30.9 Å². The molecule has 1 unspecified atom stereocenters. The van der Waals surface area contributed by atoms with Crippen LogP contribution >= 0.6 is 0 Å². The molecule has 1 aliphatic rings. The van der Waals surface area contributed by atoms with E-state index in [0.717, 1.165) is 31.3 Å². The van der Waals surface area contributed by atoms with Gasteiger partial charge in [-0.05, 0) is 63.8 Å². The molecule has 1 aromatic rings. The summed E-state index contributed by atoms with van der Waals surface area (Å²) in [4.78, 5) is 2.11. The molecule has 23 heavy (non-hydrogen) atoms. The first kappa shape index (κ1) is 18.2. The molecule has 130 valence electrons. The third kappa shape index (κ3) is 7.34. The summed E-state index contributed by atoms with van der Waals surface area (Å²) in [5.74, 6) is 1.63. The molecule has 0 saturated heterocycles. The topological polar surface area (TPSA) is 41.9 Å². The minimum absolute atomic E-state index is 0.320. The molecule has 2 rings (SSSR count). The van der Waals surface area contributed by atoms with Gasteiger partial charge in [0.05, 0.1) is 6.61 Å². The number of aliphatic hydroxyl groups excluding tert-OH is 1. The van der Waals surface area contributed by atoms with Gasteiger partial charge < -0.3 is 19.5 Å². The highest BCUT2D eigenvalue weighted by Gasteiger charge is 2.20. The summed E-state index contributed by atoms with van der Waals surface area (Å²) in [6.45, 7) is 6.87. The predicted octanol–water partition coefficient (Wildman–Crippen LogP) is 2.74. The average Bonchev–Trinajstić information content (AvgIpc) is 3.35. The zero-order valence-corrected chi connectivity index (χ0v) is 14.7. The van der Waals surface area contributed by atoms with Gasteiger partial charge in [0.2, 0.25) is 0 Å². The summed E-state index contributed by atoms with van der Waals surface area (Å²) in [5.41, 5.74) is 1.26. The second-order valence-electron chi connectivity index (χ2n) is 6.91. The van der Waals surface area contributed by atoms with Crippen molar-refractivity contribution < 1.29 is 14.6 Å². The largest absolute Gasteiger partial charge is 0.491 e. The van der Waals surface area contributed by atoms with E-state index in [1.807, 2.05) is 19.2 Å². The number of benzene rings is 1. The van der Waals surface area contributed by atoms with Crippen LogP contribution in [0.1, 0.15) is 32.3 Å². The molecule has 4 heteroatoms. The van der Waals surface area contributed by atoms with Gasteiger partial charge in [0.15, 0.2) is 0 Å². The summed E-state index contributed by atoms with van der Waals surface area (Å²) in [6.07, 6.45) is 3.14. The summed E-state index contributed by atoms with van der Waals surface area (Å²) >= 11 is 0. The molecule has 4 nitrogen and oxygen atoms in total. The molecular formula is C19H31NO3. The van der Waals surface area contributed by atoms with E-state index in [4.69, 9.17) is 9.47 Å². The molecule has 1 saturated carbocycles. The number of rotatable bonds is 11. The molecule has 1 N–H and O–H groups in total. The number of nitrogens with zero attached hydrogens (tertiary/aromatic N) is 1. The lowest BCUT2D eigenvalue weighted by atomic mass is 10.1. The Balaban J connectivity index is 1.63. The Bertz CT molecular complexity index is 442. The maximum Gasteiger partial charge on any atom is 0.119 e. The van der Waals surface area contributed by atoms with Crippen LogP contribution in [0.5, 0.6) is 5.75 Å². The van der Waals surface area contributed by atoms with Crippen molar-refractivity contribution in [3.05, 3.63) is 29.8 Å². The van der Waals surface area contributed by atoms with Crippen molar-refractivity contribution in [1.29, 1.82) is 0 Å². The molecule has 0 amide bonds. The Morgan fingerprint density at radius 1 is 1.22 bits per heavy atom. The fourth-order valence-corrected chi connectivity index (χ4v) is 2.27. The SMILES string of the molecule is CC(C)N(C)CC(O)COc1ccc(CCOCC2CC2)cc1. The third-order valence-corrected chi connectivity index (χ3v) is 4.33. The Morgan fingerprint density at radius 3 is 2.52 bits per heavy atom. The summed E-state index contributed by atoms with van der Waals surface area (Å²) in [5, 5.41) is 9.99. The first-order valence-electron chi connectivity index (χ1n) is 8.72. The van der Waals surface area contributed by atoms with Crippen LogP contribution in [0.4, 0.5) is 0 Å². The van der Waals surface area contributed by atoms with Crippen LogP contribution in [0.25, 0.3) is 0 Å². The minimum atomic E-state index is -0.474. The van der Waals surface area contributed by atoms with Crippen molar-refractivity contribution in [2.24, 2.45) is 5.92 Å². The second kappa shape index (κ2) is 9.26. The fraction of sp³-hybridized carbons (Fsp3) is 0.684. The van der Waals surface area contributed by atoms with Crippen molar-refractivity contribution in [3.8, 4) is 5.75 Å². The van der Waals surface area contributed by atoms with Crippen molar-refractivity contribution in [2.45, 2.75) is 45.3 Å². The van der Waals surface area contributed by atoms with Crippen molar-refractivity contribution in [2.75, 3.05) is 33.4 Å². The fourth-order valence-electron chi connectivity index (χ4n) is 2.27. The highest BCUT2D eigenvalue weighted by molar-refractivity contribution is 5.27. The Morgan fingerprint density at radius 2 is 1.91 bits per heavy atom. The lowest BCUT2D eigenvalue weighted by molar-refractivity contribution is 0.0678. The van der Waals surface area contributed by atoms with E-state index >= 15 is 0 Å². The number of hydrogen-bond acceptors (Lipinski definition) is 4. The molecule has 1 aromatic carbocycles. The Hall–Kier alpha value is -1.10. The molecule has 0 aliphatic heterocycles. The van der Waals surface area contributed by atoms with Crippen LogP contribution in [0.2, 0.25) is 0 Å². The van der Waals surface area contributed by atoms with Gasteiger partial charge in [-0.25, -0.2) is 0 Å². The second-order valence-corrected chi connectivity index (χ2v) is 6.91. The van der Waals surface area contributed by atoms with E-state index in [0.29, 0.717) is 19.2 Å². The zero-order valence-electron chi connectivity index (χ0n) is 14.7. The Labute approximate surface area is 140 Å². The predicted molar refractivity (Wildman–Crippen MR) is 93.0 cm³/mol. The van der Waals surface area contributed by atoms with Crippen molar-refractivity contribution in [3.63, 3.8) is 0 Å². The standard InChI is InChI=1S/C19H31NO3/c1-15(2)20(3)12-18(21)14-23-19-8-6-16(7-9-19)10-11-22-13-17-4-5-17/h6-9,15,17-18,21H,4-5,10-14H2,1-3H3. The smallest absolute Gasteiger partial charge is 0.119 e. The van der Waals surface area contributed by atoms with Gasteiger partial charge in [-0.3, -0.25) is 0 Å². The van der Waals surface area contributed by atoms with Gasteiger partial charge in [-0.15, -0.1) is 0 Å². The lowest BCUT2D eigenvalue weighted by Gasteiger charge is -2.24. The maximum atomic E-state index is 9.99. The minimum Gasteiger partial charge on any atom is -0.491 e. The van der Waals surface area contributed by atoms with E-state index in [1.54, 1.807) is 0 Å². The van der Waals surface area contributed by atoms with E-state index < -0.39 is 6.10 Å². The number of ether oxygens (including phenoxy) is 2. The third-order valence-electron chi connectivity index (χ3n) is 4.33. The van der Waals surface area contributed by atoms with Crippen molar-refractivity contribution in [1.82, 2.24) is 4.90 Å². The average molecular weight is 321 g/mol. The highest BCUT2D eigenvalue weighted by Crippen LogP contribution is 2.28. The van der Waals surface area contributed by atoms with Gasteiger partial charge in [-0.2, -0.15) is 0 Å². The van der Waals surface area contributed by atoms with Crippen molar-refractivity contribution >= 4 is 0 Å². The van der Waals surface area contributed by atoms with Crippen LogP contribution in [-0.4, -0.2) is 55.6 Å². The molecular weight excluding hydrogens is 290 g/mol. The lowest BCUT2D eigenvalue weighted by Crippen LogP contribution is -2.36. The highest BCUT2D eigenvalue weighted by atomic mass is 16.5. The summed E-state index contributed by atoms with van der Waals surface area (Å²) in [7, 11) is 2.01. The molecule has 1 fully saturated rings. The van der Waals surface area contributed by atoms with Crippen LogP contribution in [-0.2, 0) is 11.2 Å². The molecule has 1 aliphatic carbocycles. The first-order chi connectivity index (χ1) is 11.0. The number of aliphatic hydroxyl groups is 1. The molecule has 1 atom stereocenters. The van der Waals surface area contributed by atoms with E-state index in [9.17, 15) is 5.11 Å². The van der Waals surface area contributed by atoms with Crippen LogP contribution in [0, 0.1) is 5.92 Å². The Kier molecular flexibility index (Phi) is 7.34. The van der Waals surface area contributed by atoms with Crippen LogP contribution < -0.4 is 4.74 Å². The quantitative estimate of drug-likeness (QED) is 0.636. The van der Waals surface area contributed by atoms with Crippen LogP contribution in [0.3, 0.4) is 0 Å². The molecule has 0 bridgehead atoms. The number of hydrogen-bond donors (Lipinski definition) is 1. The summed E-state index contributed by atoms with van der Waals surface area (Å²) in [6, 6.07) is 8.50. The van der Waals surface area contributed by atoms with Gasteiger partial charge in [0.25, 0.3) is 0 Å². The maximum absolute atomic E-state index is 9.99. The summed E-state index contributed by atoms with van der Waals surface area (Å²) < 4.78 is 11.3. The monoisotopic (exact) mass is 321 g/mol. The molecule has 0 radical (unpaired) electrons.